The van der Waals surface area contributed by atoms with E-state index in [2.05, 4.69) is 37.0 Å². The topological polar surface area (TPSA) is 0 Å². The molecule has 0 amide bonds. The van der Waals surface area contributed by atoms with Crippen LogP contribution in [-0.4, -0.2) is 0 Å². The summed E-state index contributed by atoms with van der Waals surface area (Å²) in [6.45, 7) is 2.08. The molecule has 0 N–H and O–H groups in total. The van der Waals surface area contributed by atoms with E-state index in [1.807, 2.05) is 18.2 Å². The highest BCUT2D eigenvalue weighted by Gasteiger charge is 2.29. The molecule has 0 aliphatic heterocycles. The summed E-state index contributed by atoms with van der Waals surface area (Å²) in [5.74, 6) is 6.80. The molecule has 1 saturated carbocycles. The summed E-state index contributed by atoms with van der Waals surface area (Å²) in [6.07, 6.45) is 9.98. The van der Waals surface area contributed by atoms with Crippen molar-refractivity contribution in [2.45, 2.75) is 64.5 Å². The van der Waals surface area contributed by atoms with Crippen molar-refractivity contribution in [1.29, 1.82) is 0 Å². The van der Waals surface area contributed by atoms with Crippen molar-refractivity contribution >= 4 is 10.8 Å². The first kappa shape index (κ1) is 26.0. The first-order valence-electron chi connectivity index (χ1n) is 12.8. The summed E-state index contributed by atoms with van der Waals surface area (Å²) in [7, 11) is 0. The third-order valence-electron chi connectivity index (χ3n) is 7.36. The van der Waals surface area contributed by atoms with Gasteiger partial charge in [0.15, 0.2) is 0 Å². The second-order valence-electron chi connectivity index (χ2n) is 9.88. The maximum atomic E-state index is 15.1. The van der Waals surface area contributed by atoms with Crippen molar-refractivity contribution in [3.05, 3.63) is 94.8 Å². The molecule has 0 heterocycles. The number of alkyl halides is 3. The number of rotatable bonds is 6. The van der Waals surface area contributed by atoms with Gasteiger partial charge < -0.3 is 0 Å². The van der Waals surface area contributed by atoms with E-state index in [0.29, 0.717) is 10.9 Å². The molecule has 0 radical (unpaired) electrons. The lowest BCUT2D eigenvalue weighted by Crippen LogP contribution is -2.15. The number of halogens is 4. The van der Waals surface area contributed by atoms with Crippen LogP contribution in [0.1, 0.15) is 74.1 Å². The largest absolute Gasteiger partial charge is 0.416 e. The molecule has 0 saturated heterocycles. The van der Waals surface area contributed by atoms with Crippen LogP contribution in [0.15, 0.2) is 66.7 Å². The Kier molecular flexibility index (Phi) is 8.52. The van der Waals surface area contributed by atoms with Crippen LogP contribution in [0.5, 0.6) is 0 Å². The molecule has 0 nitrogen and oxygen atoms in total. The maximum Gasteiger partial charge on any atom is 0.416 e. The zero-order chi connectivity index (χ0) is 25.5. The van der Waals surface area contributed by atoms with Gasteiger partial charge in [0, 0.05) is 10.9 Å². The van der Waals surface area contributed by atoms with Crippen LogP contribution in [-0.2, 0) is 12.6 Å². The number of fused-ring (bicyclic) bond motifs is 1. The third kappa shape index (κ3) is 6.78. The highest BCUT2D eigenvalue weighted by Crippen LogP contribution is 2.34. The van der Waals surface area contributed by atoms with Crippen LogP contribution < -0.4 is 0 Å². The summed E-state index contributed by atoms with van der Waals surface area (Å²) >= 11 is 0. The fraction of sp³-hybridized carbons (Fsp3) is 0.375. The van der Waals surface area contributed by atoms with Gasteiger partial charge in [-0.1, -0.05) is 73.9 Å². The van der Waals surface area contributed by atoms with Crippen molar-refractivity contribution in [3.63, 3.8) is 0 Å². The Morgan fingerprint density at radius 1 is 0.861 bits per heavy atom. The van der Waals surface area contributed by atoms with Crippen molar-refractivity contribution in [2.75, 3.05) is 0 Å². The van der Waals surface area contributed by atoms with E-state index < -0.39 is 17.6 Å². The predicted octanol–water partition coefficient (Wildman–Crippen LogP) is 9.49. The van der Waals surface area contributed by atoms with Gasteiger partial charge in [-0.2, -0.15) is 13.2 Å². The SMILES string of the molecule is C/C=C/CCC1CCC(CCc2ccc3c(F)c(C#Cc4ccc(C(F)(F)F)cc4)ccc3c2)CC1. The van der Waals surface area contributed by atoms with Gasteiger partial charge >= 0.3 is 6.18 Å². The first-order valence-corrected chi connectivity index (χ1v) is 12.8. The first-order chi connectivity index (χ1) is 17.3. The Hall–Kier alpha value is -3.06. The molecule has 0 bridgehead atoms. The number of benzene rings is 3. The molecule has 4 heteroatoms. The molecule has 4 rings (SSSR count). The van der Waals surface area contributed by atoms with Crippen molar-refractivity contribution in [2.24, 2.45) is 11.8 Å². The zero-order valence-electron chi connectivity index (χ0n) is 20.7. The summed E-state index contributed by atoms with van der Waals surface area (Å²) in [6, 6.07) is 14.0. The minimum Gasteiger partial charge on any atom is -0.205 e. The van der Waals surface area contributed by atoms with E-state index >= 15 is 4.39 Å². The van der Waals surface area contributed by atoms with E-state index in [9.17, 15) is 13.2 Å². The molecule has 3 aromatic carbocycles. The van der Waals surface area contributed by atoms with Gasteiger partial charge in [0.05, 0.1) is 11.1 Å². The lowest BCUT2D eigenvalue weighted by molar-refractivity contribution is -0.137. The second-order valence-corrected chi connectivity index (χ2v) is 9.88. The number of hydrogen-bond acceptors (Lipinski definition) is 0. The molecule has 0 unspecified atom stereocenters. The molecule has 0 spiro atoms. The normalized spacial score (nSPS) is 18.4. The molecule has 1 fully saturated rings. The van der Waals surface area contributed by atoms with E-state index in [0.717, 1.165) is 35.8 Å². The van der Waals surface area contributed by atoms with Crippen LogP contribution in [0.3, 0.4) is 0 Å². The summed E-state index contributed by atoms with van der Waals surface area (Å²) in [5, 5.41) is 1.36. The summed E-state index contributed by atoms with van der Waals surface area (Å²) < 4.78 is 53.2. The fourth-order valence-corrected chi connectivity index (χ4v) is 5.15. The zero-order valence-corrected chi connectivity index (χ0v) is 20.7. The highest BCUT2D eigenvalue weighted by molar-refractivity contribution is 5.85. The van der Waals surface area contributed by atoms with E-state index in [4.69, 9.17) is 0 Å². The van der Waals surface area contributed by atoms with Crippen LogP contribution in [0.25, 0.3) is 10.8 Å². The van der Waals surface area contributed by atoms with Gasteiger partial charge in [0.1, 0.15) is 5.82 Å². The molecule has 0 aromatic heterocycles. The molecule has 1 aliphatic carbocycles. The minimum absolute atomic E-state index is 0.237. The standard InChI is InChI=1S/C32H32F4/c1-2-3-4-5-23-6-8-24(9-7-23)10-11-26-15-21-30-28(22-26)18-17-27(31(30)33)16-12-25-13-19-29(20-14-25)32(34,35)36/h2-3,13-15,17-24H,4-11H2,1H3/b3-2+. The Morgan fingerprint density at radius 3 is 2.22 bits per heavy atom. The average molecular weight is 493 g/mol. The summed E-state index contributed by atoms with van der Waals surface area (Å²) in [4.78, 5) is 0. The number of aryl methyl sites for hydroxylation is 1. The molecular weight excluding hydrogens is 460 g/mol. The predicted molar refractivity (Wildman–Crippen MR) is 139 cm³/mol. The molecular formula is C32H32F4. The Balaban J connectivity index is 1.37. The monoisotopic (exact) mass is 492 g/mol. The Bertz CT molecular complexity index is 1250. The van der Waals surface area contributed by atoms with Crippen molar-refractivity contribution in [1.82, 2.24) is 0 Å². The third-order valence-corrected chi connectivity index (χ3v) is 7.36. The van der Waals surface area contributed by atoms with Gasteiger partial charge in [-0.15, -0.1) is 0 Å². The maximum absolute atomic E-state index is 15.1. The number of hydrogen-bond donors (Lipinski definition) is 0. The average Bonchev–Trinajstić information content (AvgIpc) is 2.88. The van der Waals surface area contributed by atoms with Crippen LogP contribution in [0.2, 0.25) is 0 Å². The van der Waals surface area contributed by atoms with E-state index in [1.165, 1.54) is 62.6 Å². The van der Waals surface area contributed by atoms with Gasteiger partial charge in [-0.25, -0.2) is 4.39 Å². The Labute approximate surface area is 211 Å². The van der Waals surface area contributed by atoms with Crippen LogP contribution in [0.4, 0.5) is 17.6 Å². The molecule has 188 valence electrons. The minimum atomic E-state index is -4.39. The van der Waals surface area contributed by atoms with Gasteiger partial charge in [-0.05, 0) is 85.7 Å². The highest BCUT2D eigenvalue weighted by atomic mass is 19.4. The van der Waals surface area contributed by atoms with Gasteiger partial charge in [0.2, 0.25) is 0 Å². The van der Waals surface area contributed by atoms with Crippen molar-refractivity contribution < 1.29 is 17.6 Å². The van der Waals surface area contributed by atoms with Gasteiger partial charge in [0.25, 0.3) is 0 Å². The van der Waals surface area contributed by atoms with E-state index in [1.54, 1.807) is 6.07 Å². The number of allylic oxidation sites excluding steroid dienone is 2. The molecule has 0 atom stereocenters. The molecule has 1 aliphatic rings. The quantitative estimate of drug-likeness (QED) is 0.183. The fourth-order valence-electron chi connectivity index (χ4n) is 5.15. The van der Waals surface area contributed by atoms with Gasteiger partial charge in [-0.3, -0.25) is 0 Å². The van der Waals surface area contributed by atoms with Crippen LogP contribution >= 0.6 is 0 Å². The smallest absolute Gasteiger partial charge is 0.205 e. The molecule has 36 heavy (non-hydrogen) atoms. The lowest BCUT2D eigenvalue weighted by Gasteiger charge is -2.28. The second kappa shape index (κ2) is 11.8. The lowest BCUT2D eigenvalue weighted by atomic mass is 9.78. The molecule has 3 aromatic rings. The van der Waals surface area contributed by atoms with Crippen LogP contribution in [0, 0.1) is 29.5 Å². The Morgan fingerprint density at radius 2 is 1.56 bits per heavy atom. The van der Waals surface area contributed by atoms with Crippen molar-refractivity contribution in [3.8, 4) is 11.8 Å². The summed E-state index contributed by atoms with van der Waals surface area (Å²) in [5.41, 5.74) is 1.14. The van der Waals surface area contributed by atoms with E-state index in [-0.39, 0.29) is 5.56 Å².